The summed E-state index contributed by atoms with van der Waals surface area (Å²) < 4.78 is 4.90. The van der Waals surface area contributed by atoms with Crippen molar-refractivity contribution in [2.45, 2.75) is 65.6 Å². The zero-order chi connectivity index (χ0) is 17.6. The standard InChI is InChI=1S/C14H23NO7/c1-13(2,3)20-12(19)11(18)15(22-14(4,5)6)21-10(17)8-7-9-16/h9H,7-8H2,1-6H3. The van der Waals surface area contributed by atoms with Crippen molar-refractivity contribution in [3.8, 4) is 0 Å². The third-order valence-corrected chi connectivity index (χ3v) is 1.75. The lowest BCUT2D eigenvalue weighted by atomic mass is 10.2. The van der Waals surface area contributed by atoms with E-state index in [9.17, 15) is 19.2 Å². The summed E-state index contributed by atoms with van der Waals surface area (Å²) in [5.74, 6) is -3.38. The van der Waals surface area contributed by atoms with Crippen molar-refractivity contribution in [1.29, 1.82) is 0 Å². The average Bonchev–Trinajstić information content (AvgIpc) is 2.30. The molecule has 0 unspecified atom stereocenters. The summed E-state index contributed by atoms with van der Waals surface area (Å²) >= 11 is 0. The molecule has 0 heterocycles. The van der Waals surface area contributed by atoms with Crippen LogP contribution in [-0.2, 0) is 33.6 Å². The lowest BCUT2D eigenvalue weighted by Crippen LogP contribution is -2.45. The van der Waals surface area contributed by atoms with E-state index in [1.54, 1.807) is 41.5 Å². The zero-order valence-corrected chi connectivity index (χ0v) is 13.8. The summed E-state index contributed by atoms with van der Waals surface area (Å²) in [4.78, 5) is 55.3. The highest BCUT2D eigenvalue weighted by Gasteiger charge is 2.34. The SMILES string of the molecule is CC(C)(C)OC(=O)C(=O)N(OC(=O)CCC=O)OC(C)(C)C. The molecular weight excluding hydrogens is 294 g/mol. The lowest BCUT2D eigenvalue weighted by molar-refractivity contribution is -0.354. The minimum absolute atomic E-state index is 0.0666. The number of rotatable bonds is 4. The summed E-state index contributed by atoms with van der Waals surface area (Å²) in [6.45, 7) is 9.56. The summed E-state index contributed by atoms with van der Waals surface area (Å²) in [5.41, 5.74) is -1.79. The number of carbonyl (C=O) groups is 4. The van der Waals surface area contributed by atoms with Gasteiger partial charge in [-0.3, -0.25) is 4.79 Å². The molecule has 0 saturated heterocycles. The van der Waals surface area contributed by atoms with Crippen molar-refractivity contribution in [3.63, 3.8) is 0 Å². The quantitative estimate of drug-likeness (QED) is 0.334. The van der Waals surface area contributed by atoms with E-state index in [0.29, 0.717) is 6.29 Å². The van der Waals surface area contributed by atoms with Crippen molar-refractivity contribution >= 4 is 24.1 Å². The number of hydroxylamine groups is 2. The van der Waals surface area contributed by atoms with E-state index in [2.05, 4.69) is 4.84 Å². The molecule has 1 amide bonds. The fourth-order valence-corrected chi connectivity index (χ4v) is 1.06. The van der Waals surface area contributed by atoms with Gasteiger partial charge in [-0.05, 0) is 46.8 Å². The van der Waals surface area contributed by atoms with Crippen LogP contribution >= 0.6 is 0 Å². The Bertz CT molecular complexity index is 431. The fraction of sp³-hybridized carbons (Fsp3) is 0.714. The Morgan fingerprint density at radius 2 is 1.55 bits per heavy atom. The molecular formula is C14H23NO7. The maximum atomic E-state index is 12.0. The van der Waals surface area contributed by atoms with Gasteiger partial charge in [0.15, 0.2) is 0 Å². The number of nitrogens with zero attached hydrogens (tertiary/aromatic N) is 1. The Morgan fingerprint density at radius 1 is 1.00 bits per heavy atom. The topological polar surface area (TPSA) is 99.2 Å². The highest BCUT2D eigenvalue weighted by molar-refractivity contribution is 6.31. The van der Waals surface area contributed by atoms with E-state index in [0.717, 1.165) is 0 Å². The predicted octanol–water partition coefficient (Wildman–Crippen LogP) is 1.32. The third-order valence-electron chi connectivity index (χ3n) is 1.75. The van der Waals surface area contributed by atoms with Crippen molar-refractivity contribution in [2.24, 2.45) is 0 Å². The Labute approximate surface area is 129 Å². The van der Waals surface area contributed by atoms with Crippen LogP contribution in [0.1, 0.15) is 54.4 Å². The molecule has 22 heavy (non-hydrogen) atoms. The van der Waals surface area contributed by atoms with Crippen LogP contribution in [0.4, 0.5) is 0 Å². The van der Waals surface area contributed by atoms with Crippen LogP contribution in [0.2, 0.25) is 0 Å². The second-order valence-corrected chi connectivity index (χ2v) is 6.44. The summed E-state index contributed by atoms with van der Waals surface area (Å²) in [6.07, 6.45) is 0.226. The van der Waals surface area contributed by atoms with Crippen molar-refractivity contribution in [2.75, 3.05) is 0 Å². The molecule has 8 heteroatoms. The summed E-state index contributed by atoms with van der Waals surface area (Å²) in [5, 5.41) is 0.196. The first kappa shape index (κ1) is 20.0. The third kappa shape index (κ3) is 9.06. The summed E-state index contributed by atoms with van der Waals surface area (Å²) in [6, 6.07) is 0. The molecule has 126 valence electrons. The Kier molecular flexibility index (Phi) is 7.18. The normalized spacial score (nSPS) is 11.5. The van der Waals surface area contributed by atoms with Gasteiger partial charge in [-0.15, -0.1) is 0 Å². The van der Waals surface area contributed by atoms with Crippen LogP contribution in [0.25, 0.3) is 0 Å². The molecule has 0 aliphatic rings. The van der Waals surface area contributed by atoms with Crippen molar-refractivity contribution in [3.05, 3.63) is 0 Å². The zero-order valence-electron chi connectivity index (χ0n) is 13.8. The molecule has 0 bridgehead atoms. The van der Waals surface area contributed by atoms with Gasteiger partial charge in [-0.25, -0.2) is 14.4 Å². The van der Waals surface area contributed by atoms with Crippen LogP contribution in [0.3, 0.4) is 0 Å². The van der Waals surface area contributed by atoms with Gasteiger partial charge in [-0.1, -0.05) is 0 Å². The number of hydrogen-bond acceptors (Lipinski definition) is 7. The van der Waals surface area contributed by atoms with E-state index in [1.165, 1.54) is 0 Å². The molecule has 0 rings (SSSR count). The maximum Gasteiger partial charge on any atom is 0.403 e. The van der Waals surface area contributed by atoms with Crippen molar-refractivity contribution < 1.29 is 33.6 Å². The van der Waals surface area contributed by atoms with Crippen LogP contribution < -0.4 is 0 Å². The number of hydrogen-bond donors (Lipinski definition) is 0. The number of amides is 1. The summed E-state index contributed by atoms with van der Waals surface area (Å²) in [7, 11) is 0. The Morgan fingerprint density at radius 3 is 1.95 bits per heavy atom. The molecule has 0 aliphatic heterocycles. The molecule has 0 atom stereocenters. The van der Waals surface area contributed by atoms with E-state index in [1.807, 2.05) is 0 Å². The first-order chi connectivity index (χ1) is 9.85. The maximum absolute atomic E-state index is 12.0. The van der Waals surface area contributed by atoms with Crippen LogP contribution in [0, 0.1) is 0 Å². The molecule has 0 N–H and O–H groups in total. The largest absolute Gasteiger partial charge is 0.453 e. The van der Waals surface area contributed by atoms with Gasteiger partial charge in [-0.2, -0.15) is 0 Å². The smallest absolute Gasteiger partial charge is 0.403 e. The highest BCUT2D eigenvalue weighted by atomic mass is 17.0. The molecule has 0 radical (unpaired) electrons. The van der Waals surface area contributed by atoms with Crippen LogP contribution in [0.5, 0.6) is 0 Å². The van der Waals surface area contributed by atoms with Gasteiger partial charge in [0.2, 0.25) is 0 Å². The van der Waals surface area contributed by atoms with Gasteiger partial charge >= 0.3 is 17.8 Å². The first-order valence-electron chi connectivity index (χ1n) is 6.77. The number of esters is 1. The molecule has 0 aromatic rings. The van der Waals surface area contributed by atoms with Gasteiger partial charge < -0.3 is 14.4 Å². The monoisotopic (exact) mass is 317 g/mol. The Hall–Kier alpha value is -1.96. The van der Waals surface area contributed by atoms with Gasteiger partial charge in [0.25, 0.3) is 0 Å². The van der Waals surface area contributed by atoms with Crippen LogP contribution in [-0.4, -0.2) is 40.6 Å². The average molecular weight is 317 g/mol. The molecule has 0 fully saturated rings. The molecule has 0 aromatic carbocycles. The minimum Gasteiger partial charge on any atom is -0.453 e. The number of carbonyl (C=O) groups excluding carboxylic acids is 4. The van der Waals surface area contributed by atoms with Gasteiger partial charge in [0.05, 0.1) is 12.0 Å². The van der Waals surface area contributed by atoms with Gasteiger partial charge in [0.1, 0.15) is 11.9 Å². The molecule has 8 nitrogen and oxygen atoms in total. The number of aldehydes is 1. The Balaban J connectivity index is 4.98. The molecule has 0 aliphatic carbocycles. The van der Waals surface area contributed by atoms with Crippen LogP contribution in [0.15, 0.2) is 0 Å². The first-order valence-corrected chi connectivity index (χ1v) is 6.77. The fourth-order valence-electron chi connectivity index (χ4n) is 1.06. The predicted molar refractivity (Wildman–Crippen MR) is 74.9 cm³/mol. The minimum atomic E-state index is -1.27. The van der Waals surface area contributed by atoms with Gasteiger partial charge in [0, 0.05) is 6.42 Å². The molecule has 0 spiro atoms. The van der Waals surface area contributed by atoms with E-state index >= 15 is 0 Å². The molecule has 0 aromatic heterocycles. The molecule has 0 saturated carbocycles. The lowest BCUT2D eigenvalue weighted by Gasteiger charge is -2.27. The highest BCUT2D eigenvalue weighted by Crippen LogP contribution is 2.14. The van der Waals surface area contributed by atoms with E-state index in [4.69, 9.17) is 9.57 Å². The van der Waals surface area contributed by atoms with E-state index < -0.39 is 29.0 Å². The second kappa shape index (κ2) is 7.88. The second-order valence-electron chi connectivity index (χ2n) is 6.44. The number of ether oxygens (including phenoxy) is 1. The van der Waals surface area contributed by atoms with E-state index in [-0.39, 0.29) is 18.1 Å². The van der Waals surface area contributed by atoms with Crippen molar-refractivity contribution in [1.82, 2.24) is 5.23 Å².